The van der Waals surface area contributed by atoms with Crippen molar-refractivity contribution < 1.29 is 14.3 Å². The Labute approximate surface area is 208 Å². The fraction of sp³-hybridized carbons (Fsp3) is 0.500. The van der Waals surface area contributed by atoms with Gasteiger partial charge in [-0.05, 0) is 48.4 Å². The summed E-state index contributed by atoms with van der Waals surface area (Å²) in [4.78, 5) is 28.1. The van der Waals surface area contributed by atoms with Gasteiger partial charge in [0.25, 0.3) is 5.91 Å². The lowest BCUT2D eigenvalue weighted by Gasteiger charge is -2.31. The summed E-state index contributed by atoms with van der Waals surface area (Å²) in [6.45, 7) is 8.19. The van der Waals surface area contributed by atoms with Crippen molar-refractivity contribution in [2.24, 2.45) is 0 Å². The molecule has 0 heterocycles. The highest BCUT2D eigenvalue weighted by atomic mass is 35.5. The van der Waals surface area contributed by atoms with Crippen LogP contribution in [0.25, 0.3) is 0 Å². The Kier molecular flexibility index (Phi) is 9.01. The van der Waals surface area contributed by atoms with E-state index in [2.05, 4.69) is 26.1 Å². The molecule has 0 saturated heterocycles. The van der Waals surface area contributed by atoms with Gasteiger partial charge in [-0.3, -0.25) is 9.59 Å². The minimum atomic E-state index is -0.646. The van der Waals surface area contributed by atoms with Crippen LogP contribution in [-0.4, -0.2) is 35.4 Å². The maximum atomic E-state index is 13.4. The number of nitrogens with one attached hydrogen (secondary N) is 1. The van der Waals surface area contributed by atoms with Crippen molar-refractivity contribution in [2.45, 2.75) is 83.8 Å². The first kappa shape index (κ1) is 26.1. The molecule has 1 aliphatic rings. The lowest BCUT2D eigenvalue weighted by atomic mass is 9.86. The van der Waals surface area contributed by atoms with Gasteiger partial charge in [0, 0.05) is 17.6 Å². The van der Waals surface area contributed by atoms with Crippen molar-refractivity contribution in [3.63, 3.8) is 0 Å². The van der Waals surface area contributed by atoms with Crippen molar-refractivity contribution in [1.82, 2.24) is 10.2 Å². The van der Waals surface area contributed by atoms with Gasteiger partial charge >= 0.3 is 0 Å². The van der Waals surface area contributed by atoms with Gasteiger partial charge < -0.3 is 15.0 Å². The Morgan fingerprint density at radius 3 is 2.38 bits per heavy atom. The minimum absolute atomic E-state index is 0.121. The molecule has 1 saturated carbocycles. The predicted octanol–water partition coefficient (Wildman–Crippen LogP) is 5.88. The molecule has 5 nitrogen and oxygen atoms in total. The van der Waals surface area contributed by atoms with Crippen LogP contribution in [0.15, 0.2) is 48.5 Å². The zero-order chi connectivity index (χ0) is 24.7. The van der Waals surface area contributed by atoms with E-state index >= 15 is 0 Å². The Morgan fingerprint density at radius 1 is 1.06 bits per heavy atom. The van der Waals surface area contributed by atoms with E-state index in [9.17, 15) is 9.59 Å². The highest BCUT2D eigenvalue weighted by Crippen LogP contribution is 2.31. The van der Waals surface area contributed by atoms with Crippen LogP contribution in [-0.2, 0) is 21.5 Å². The van der Waals surface area contributed by atoms with E-state index in [0.29, 0.717) is 10.8 Å². The molecule has 1 fully saturated rings. The Hall–Kier alpha value is -2.53. The lowest BCUT2D eigenvalue weighted by Crippen LogP contribution is -2.51. The molecule has 0 bridgehead atoms. The first-order chi connectivity index (χ1) is 16.2. The summed E-state index contributed by atoms with van der Waals surface area (Å²) in [6.07, 6.45) is 5.45. The molecule has 34 heavy (non-hydrogen) atoms. The number of halogens is 1. The number of amides is 2. The highest BCUT2D eigenvalue weighted by molar-refractivity contribution is 6.31. The van der Waals surface area contributed by atoms with E-state index in [-0.39, 0.29) is 36.4 Å². The molecular formula is C28H37ClN2O3. The van der Waals surface area contributed by atoms with Gasteiger partial charge in [0.15, 0.2) is 6.61 Å². The zero-order valence-electron chi connectivity index (χ0n) is 20.8. The van der Waals surface area contributed by atoms with Crippen molar-refractivity contribution in [1.29, 1.82) is 0 Å². The second-order valence-electron chi connectivity index (χ2n) is 10.2. The van der Waals surface area contributed by atoms with Crippen LogP contribution in [0.3, 0.4) is 0 Å². The standard InChI is InChI=1S/C28H37ClN2O3/c1-20(27(33)30-22-13-6-5-7-14-22)31(18-21-12-8-10-16-24(21)29)26(32)19-34-25-17-11-9-15-23(25)28(2,3)4/h8-12,15-17,20,22H,5-7,13-14,18-19H2,1-4H3,(H,30,33)/t20-/m1/s1. The maximum Gasteiger partial charge on any atom is 0.261 e. The van der Waals surface area contributed by atoms with Crippen LogP contribution in [0.4, 0.5) is 0 Å². The number of hydrogen-bond acceptors (Lipinski definition) is 3. The monoisotopic (exact) mass is 484 g/mol. The zero-order valence-corrected chi connectivity index (χ0v) is 21.5. The molecule has 2 amide bonds. The average molecular weight is 485 g/mol. The molecule has 0 aromatic heterocycles. The van der Waals surface area contributed by atoms with Crippen LogP contribution < -0.4 is 10.1 Å². The van der Waals surface area contributed by atoms with E-state index in [1.165, 1.54) is 6.42 Å². The molecule has 1 N–H and O–H groups in total. The SMILES string of the molecule is C[C@H](C(=O)NC1CCCCC1)N(Cc1ccccc1Cl)C(=O)COc1ccccc1C(C)(C)C. The van der Waals surface area contributed by atoms with Crippen molar-refractivity contribution in [3.8, 4) is 5.75 Å². The molecule has 184 valence electrons. The topological polar surface area (TPSA) is 58.6 Å². The van der Waals surface area contributed by atoms with E-state index < -0.39 is 6.04 Å². The number of hydrogen-bond donors (Lipinski definition) is 1. The second kappa shape index (κ2) is 11.7. The fourth-order valence-electron chi connectivity index (χ4n) is 4.40. The first-order valence-electron chi connectivity index (χ1n) is 12.2. The van der Waals surface area contributed by atoms with Gasteiger partial charge in [-0.2, -0.15) is 0 Å². The van der Waals surface area contributed by atoms with Crippen LogP contribution in [0, 0.1) is 0 Å². The molecule has 0 aliphatic heterocycles. The van der Waals surface area contributed by atoms with Gasteiger partial charge in [-0.15, -0.1) is 0 Å². The summed E-state index contributed by atoms with van der Waals surface area (Å²) in [5.41, 5.74) is 1.71. The third-order valence-corrected chi connectivity index (χ3v) is 6.83. The minimum Gasteiger partial charge on any atom is -0.483 e. The smallest absolute Gasteiger partial charge is 0.261 e. The summed E-state index contributed by atoms with van der Waals surface area (Å²) in [6, 6.07) is 14.7. The van der Waals surface area contributed by atoms with Crippen molar-refractivity contribution >= 4 is 23.4 Å². The molecule has 1 aliphatic carbocycles. The fourth-order valence-corrected chi connectivity index (χ4v) is 4.59. The molecule has 3 rings (SSSR count). The molecule has 0 radical (unpaired) electrons. The van der Waals surface area contributed by atoms with E-state index in [1.54, 1.807) is 17.9 Å². The number of carbonyl (C=O) groups is 2. The quantitative estimate of drug-likeness (QED) is 0.508. The molecule has 2 aromatic carbocycles. The largest absolute Gasteiger partial charge is 0.483 e. The number of ether oxygens (including phenoxy) is 1. The Balaban J connectivity index is 1.76. The number of rotatable bonds is 8. The van der Waals surface area contributed by atoms with E-state index in [0.717, 1.165) is 36.8 Å². The van der Waals surface area contributed by atoms with Gasteiger partial charge in [0.2, 0.25) is 5.91 Å². The molecular weight excluding hydrogens is 448 g/mol. The summed E-state index contributed by atoms with van der Waals surface area (Å²) in [5, 5.41) is 3.72. The molecule has 2 aromatic rings. The molecule has 6 heteroatoms. The van der Waals surface area contributed by atoms with Gasteiger partial charge in [-0.1, -0.05) is 88.0 Å². The number of para-hydroxylation sites is 1. The lowest BCUT2D eigenvalue weighted by molar-refractivity contribution is -0.142. The summed E-state index contributed by atoms with van der Waals surface area (Å²) < 4.78 is 6.00. The van der Waals surface area contributed by atoms with Gasteiger partial charge in [0.1, 0.15) is 11.8 Å². The highest BCUT2D eigenvalue weighted by Gasteiger charge is 2.29. The van der Waals surface area contributed by atoms with E-state index in [4.69, 9.17) is 16.3 Å². The van der Waals surface area contributed by atoms with Crippen LogP contribution in [0.1, 0.15) is 70.9 Å². The van der Waals surface area contributed by atoms with Gasteiger partial charge in [-0.25, -0.2) is 0 Å². The number of carbonyl (C=O) groups excluding carboxylic acids is 2. The Morgan fingerprint density at radius 2 is 1.71 bits per heavy atom. The van der Waals surface area contributed by atoms with E-state index in [1.807, 2.05) is 42.5 Å². The van der Waals surface area contributed by atoms with Crippen LogP contribution in [0.5, 0.6) is 5.75 Å². The van der Waals surface area contributed by atoms with Crippen molar-refractivity contribution in [2.75, 3.05) is 6.61 Å². The Bertz CT molecular complexity index is 980. The molecule has 1 atom stereocenters. The molecule has 0 unspecified atom stereocenters. The normalized spacial score (nSPS) is 15.4. The van der Waals surface area contributed by atoms with Gasteiger partial charge in [0.05, 0.1) is 0 Å². The summed E-state index contributed by atoms with van der Waals surface area (Å²) >= 11 is 6.39. The average Bonchev–Trinajstić information content (AvgIpc) is 2.82. The maximum absolute atomic E-state index is 13.4. The second-order valence-corrected chi connectivity index (χ2v) is 10.6. The summed E-state index contributed by atoms with van der Waals surface area (Å²) in [5.74, 6) is 0.290. The predicted molar refractivity (Wildman–Crippen MR) is 137 cm³/mol. The van der Waals surface area contributed by atoms with Crippen molar-refractivity contribution in [3.05, 3.63) is 64.7 Å². The third kappa shape index (κ3) is 6.99. The summed E-state index contributed by atoms with van der Waals surface area (Å²) in [7, 11) is 0. The molecule has 0 spiro atoms. The van der Waals surface area contributed by atoms with Crippen LogP contribution in [0.2, 0.25) is 5.02 Å². The van der Waals surface area contributed by atoms with Crippen LogP contribution >= 0.6 is 11.6 Å². The first-order valence-corrected chi connectivity index (χ1v) is 12.6. The third-order valence-electron chi connectivity index (χ3n) is 6.46. The number of benzene rings is 2. The number of nitrogens with zero attached hydrogens (tertiary/aromatic N) is 1.